The molecule has 0 spiro atoms. The smallest absolute Gasteiger partial charge is 0.355 e. The minimum Gasteiger partial charge on any atom is -0.355 e. The average molecular weight is 397 g/mol. The Kier molecular flexibility index (Phi) is 6.63. The largest absolute Gasteiger partial charge is 0.417 e. The maximum Gasteiger partial charge on any atom is 0.417 e. The molecule has 2 rings (SSSR count). The topological polar surface area (TPSA) is 58.2 Å². The lowest BCUT2D eigenvalue weighted by Gasteiger charge is -2.09. The number of alkyl halides is 3. The van der Waals surface area contributed by atoms with Crippen molar-refractivity contribution in [2.45, 2.75) is 12.7 Å². The van der Waals surface area contributed by atoms with Gasteiger partial charge in [0.2, 0.25) is 5.91 Å². The maximum absolute atomic E-state index is 12.8. The quantitative estimate of drug-likeness (QED) is 0.749. The molecule has 8 heteroatoms. The molecule has 0 saturated carbocycles. The van der Waals surface area contributed by atoms with Crippen LogP contribution in [0.5, 0.6) is 0 Å². The van der Waals surface area contributed by atoms with Gasteiger partial charge < -0.3 is 10.6 Å². The molecule has 2 amide bonds. The molecule has 2 aromatic carbocycles. The molecule has 27 heavy (non-hydrogen) atoms. The average Bonchev–Trinajstić information content (AvgIpc) is 2.64. The molecule has 0 saturated heterocycles. The third-order valence-electron chi connectivity index (χ3n) is 3.63. The van der Waals surface area contributed by atoms with Gasteiger partial charge in [-0.3, -0.25) is 9.59 Å². The van der Waals surface area contributed by atoms with Crippen molar-refractivity contribution in [3.63, 3.8) is 0 Å². The van der Waals surface area contributed by atoms with Crippen LogP contribution in [0.25, 0.3) is 6.08 Å². The minimum atomic E-state index is -4.57. The van der Waals surface area contributed by atoms with E-state index in [-0.39, 0.29) is 18.0 Å². The predicted molar refractivity (Wildman–Crippen MR) is 97.2 cm³/mol. The van der Waals surface area contributed by atoms with Crippen LogP contribution in [0.3, 0.4) is 0 Å². The number of carbonyl (C=O) groups excluding carboxylic acids is 2. The first-order chi connectivity index (χ1) is 12.7. The predicted octanol–water partition coefficient (Wildman–Crippen LogP) is 4.05. The van der Waals surface area contributed by atoms with Gasteiger partial charge >= 0.3 is 6.18 Å². The molecular weight excluding hydrogens is 381 g/mol. The number of hydrogen-bond donors (Lipinski definition) is 2. The second kappa shape index (κ2) is 8.73. The normalized spacial score (nSPS) is 11.4. The summed E-state index contributed by atoms with van der Waals surface area (Å²) in [6.45, 7) is 0.214. The van der Waals surface area contributed by atoms with Crippen molar-refractivity contribution in [2.75, 3.05) is 7.05 Å². The highest BCUT2D eigenvalue weighted by molar-refractivity contribution is 6.31. The summed E-state index contributed by atoms with van der Waals surface area (Å²) in [5.74, 6) is -0.677. The SMILES string of the molecule is CNC(=O)c1ccc(CNC(=O)/C=C/c2ccc(Cl)c(C(F)(F)F)c2)cc1. The summed E-state index contributed by atoms with van der Waals surface area (Å²) in [6.07, 6.45) is -2.15. The van der Waals surface area contributed by atoms with E-state index in [0.29, 0.717) is 5.56 Å². The zero-order valence-electron chi connectivity index (χ0n) is 14.2. The van der Waals surface area contributed by atoms with Gasteiger partial charge in [0.05, 0.1) is 10.6 Å². The molecule has 0 aliphatic rings. The summed E-state index contributed by atoms with van der Waals surface area (Å²) in [4.78, 5) is 23.3. The Bertz CT molecular complexity index is 862. The highest BCUT2D eigenvalue weighted by atomic mass is 35.5. The van der Waals surface area contributed by atoms with E-state index in [2.05, 4.69) is 10.6 Å². The van der Waals surface area contributed by atoms with Crippen LogP contribution >= 0.6 is 11.6 Å². The fraction of sp³-hybridized carbons (Fsp3) is 0.158. The van der Waals surface area contributed by atoms with Crippen molar-refractivity contribution in [1.29, 1.82) is 0 Å². The lowest BCUT2D eigenvalue weighted by Crippen LogP contribution is -2.20. The number of hydrogen-bond acceptors (Lipinski definition) is 2. The summed E-state index contributed by atoms with van der Waals surface area (Å²) < 4.78 is 38.5. The standard InChI is InChI=1S/C19H16ClF3N2O2/c1-24-18(27)14-6-2-13(3-7-14)11-25-17(26)9-5-12-4-8-16(20)15(10-12)19(21,22)23/h2-10H,11H2,1H3,(H,24,27)(H,25,26)/b9-5+. The third-order valence-corrected chi connectivity index (χ3v) is 3.96. The van der Waals surface area contributed by atoms with Crippen LogP contribution in [0, 0.1) is 0 Å². The lowest BCUT2D eigenvalue weighted by molar-refractivity contribution is -0.137. The number of benzene rings is 2. The molecule has 0 unspecified atom stereocenters. The van der Waals surface area contributed by atoms with Gasteiger partial charge in [0.15, 0.2) is 0 Å². The molecule has 0 atom stereocenters. The molecule has 4 nitrogen and oxygen atoms in total. The zero-order chi connectivity index (χ0) is 20.0. The summed E-state index contributed by atoms with van der Waals surface area (Å²) in [6, 6.07) is 10.1. The Morgan fingerprint density at radius 1 is 1.11 bits per heavy atom. The first kappa shape index (κ1) is 20.5. The van der Waals surface area contributed by atoms with Crippen molar-refractivity contribution in [3.8, 4) is 0 Å². The van der Waals surface area contributed by atoms with Crippen LogP contribution in [0.2, 0.25) is 5.02 Å². The molecule has 0 bridgehead atoms. The first-order valence-electron chi connectivity index (χ1n) is 7.84. The Morgan fingerprint density at radius 2 is 1.78 bits per heavy atom. The second-order valence-electron chi connectivity index (χ2n) is 5.56. The summed E-state index contributed by atoms with van der Waals surface area (Å²) in [5, 5.41) is 4.72. The van der Waals surface area contributed by atoms with Gasteiger partial charge in [-0.25, -0.2) is 0 Å². The van der Waals surface area contributed by atoms with Crippen LogP contribution < -0.4 is 10.6 Å². The number of rotatable bonds is 5. The first-order valence-corrected chi connectivity index (χ1v) is 8.22. The van der Waals surface area contributed by atoms with Gasteiger partial charge in [0.25, 0.3) is 5.91 Å². The van der Waals surface area contributed by atoms with E-state index in [9.17, 15) is 22.8 Å². The number of nitrogens with one attached hydrogen (secondary N) is 2. The maximum atomic E-state index is 12.8. The molecule has 0 aromatic heterocycles. The van der Waals surface area contributed by atoms with E-state index in [0.717, 1.165) is 23.8 Å². The molecule has 0 aliphatic heterocycles. The molecule has 0 heterocycles. The summed E-state index contributed by atoms with van der Waals surface area (Å²) in [7, 11) is 1.53. The van der Waals surface area contributed by atoms with Gasteiger partial charge in [-0.15, -0.1) is 0 Å². The van der Waals surface area contributed by atoms with Crippen LogP contribution in [-0.4, -0.2) is 18.9 Å². The molecule has 0 radical (unpaired) electrons. The van der Waals surface area contributed by atoms with Crippen LogP contribution in [0.15, 0.2) is 48.5 Å². The van der Waals surface area contributed by atoms with Crippen molar-refractivity contribution >= 4 is 29.5 Å². The van der Waals surface area contributed by atoms with Crippen LogP contribution in [0.4, 0.5) is 13.2 Å². The van der Waals surface area contributed by atoms with Gasteiger partial charge in [-0.05, 0) is 41.5 Å². The monoisotopic (exact) mass is 396 g/mol. The van der Waals surface area contributed by atoms with Gasteiger partial charge in [0.1, 0.15) is 0 Å². The number of halogens is 4. The fourth-order valence-electron chi connectivity index (χ4n) is 2.20. The van der Waals surface area contributed by atoms with Gasteiger partial charge in [0, 0.05) is 25.2 Å². The van der Waals surface area contributed by atoms with Crippen molar-refractivity contribution < 1.29 is 22.8 Å². The van der Waals surface area contributed by atoms with Gasteiger partial charge in [-0.2, -0.15) is 13.2 Å². The number of amides is 2. The lowest BCUT2D eigenvalue weighted by atomic mass is 10.1. The minimum absolute atomic E-state index is 0.205. The van der Waals surface area contributed by atoms with E-state index in [1.807, 2.05) is 0 Å². The van der Waals surface area contributed by atoms with E-state index < -0.39 is 22.7 Å². The highest BCUT2D eigenvalue weighted by Crippen LogP contribution is 2.35. The summed E-state index contributed by atoms with van der Waals surface area (Å²) >= 11 is 5.55. The second-order valence-corrected chi connectivity index (χ2v) is 5.97. The Morgan fingerprint density at radius 3 is 2.37 bits per heavy atom. The fourth-order valence-corrected chi connectivity index (χ4v) is 2.43. The molecule has 2 aromatic rings. The molecule has 0 aliphatic carbocycles. The third kappa shape index (κ3) is 5.86. The van der Waals surface area contributed by atoms with Crippen molar-refractivity contribution in [3.05, 3.63) is 75.8 Å². The van der Waals surface area contributed by atoms with Crippen LogP contribution in [0.1, 0.15) is 27.0 Å². The zero-order valence-corrected chi connectivity index (χ0v) is 15.0. The van der Waals surface area contributed by atoms with E-state index in [1.165, 1.54) is 19.2 Å². The number of carbonyl (C=O) groups is 2. The Hall–Kier alpha value is -2.80. The molecular formula is C19H16ClF3N2O2. The highest BCUT2D eigenvalue weighted by Gasteiger charge is 2.33. The van der Waals surface area contributed by atoms with E-state index in [1.54, 1.807) is 24.3 Å². The Balaban J connectivity index is 1.97. The van der Waals surface area contributed by atoms with E-state index >= 15 is 0 Å². The van der Waals surface area contributed by atoms with Gasteiger partial charge in [-0.1, -0.05) is 29.8 Å². The molecule has 2 N–H and O–H groups in total. The summed E-state index contributed by atoms with van der Waals surface area (Å²) in [5.41, 5.74) is 0.519. The van der Waals surface area contributed by atoms with Crippen molar-refractivity contribution in [2.24, 2.45) is 0 Å². The molecule has 142 valence electrons. The van der Waals surface area contributed by atoms with E-state index in [4.69, 9.17) is 11.6 Å². The Labute approximate surface area is 159 Å². The van der Waals surface area contributed by atoms with Crippen molar-refractivity contribution in [1.82, 2.24) is 10.6 Å². The van der Waals surface area contributed by atoms with Crippen LogP contribution in [-0.2, 0) is 17.5 Å². The molecule has 0 fully saturated rings.